The second-order valence-corrected chi connectivity index (χ2v) is 6.73. The fourth-order valence-corrected chi connectivity index (χ4v) is 2.81. The lowest BCUT2D eigenvalue weighted by Gasteiger charge is -2.34. The first-order valence-electron chi connectivity index (χ1n) is 7.94. The number of aryl methyl sites for hydroxylation is 2. The molecule has 2 nitrogen and oxygen atoms in total. The summed E-state index contributed by atoms with van der Waals surface area (Å²) in [6.07, 6.45) is 4.74. The molecule has 1 N–H and O–H groups in total. The Morgan fingerprint density at radius 3 is 2.75 bits per heavy atom. The van der Waals surface area contributed by atoms with Crippen LogP contribution in [0.1, 0.15) is 44.2 Å². The first-order chi connectivity index (χ1) is 9.57. The summed E-state index contributed by atoms with van der Waals surface area (Å²) in [7, 11) is 0. The molecule has 1 saturated heterocycles. The van der Waals surface area contributed by atoms with Crippen molar-refractivity contribution in [2.45, 2.75) is 52.5 Å². The first-order valence-corrected chi connectivity index (χ1v) is 7.94. The molecule has 1 atom stereocenters. The smallest absolute Gasteiger partial charge is 0.0471 e. The van der Waals surface area contributed by atoms with Crippen molar-refractivity contribution in [1.29, 1.82) is 0 Å². The van der Waals surface area contributed by atoms with Crippen molar-refractivity contribution in [3.05, 3.63) is 35.4 Å². The van der Waals surface area contributed by atoms with Crippen LogP contribution in [0.5, 0.6) is 0 Å². The molecule has 1 aliphatic rings. The van der Waals surface area contributed by atoms with Crippen LogP contribution in [0.3, 0.4) is 0 Å². The molecule has 1 unspecified atom stereocenters. The second kappa shape index (κ2) is 7.24. The molecule has 2 heteroatoms. The number of hydrogen-bond donors (Lipinski definition) is 1. The summed E-state index contributed by atoms with van der Waals surface area (Å²) in [5.74, 6) is 0. The van der Waals surface area contributed by atoms with Gasteiger partial charge in [0.15, 0.2) is 0 Å². The molecule has 0 aliphatic carbocycles. The highest BCUT2D eigenvalue weighted by molar-refractivity contribution is 5.22. The molecule has 0 aromatic heterocycles. The van der Waals surface area contributed by atoms with E-state index in [2.05, 4.69) is 50.4 Å². The molecule has 112 valence electrons. The van der Waals surface area contributed by atoms with Crippen molar-refractivity contribution < 1.29 is 4.74 Å². The van der Waals surface area contributed by atoms with Gasteiger partial charge < -0.3 is 10.1 Å². The number of ether oxygens (including phenoxy) is 1. The lowest BCUT2D eigenvalue weighted by atomic mass is 9.82. The molecular formula is C18H29NO. The van der Waals surface area contributed by atoms with E-state index in [1.54, 1.807) is 0 Å². The molecule has 1 fully saturated rings. The molecule has 0 bridgehead atoms. The third-order valence-corrected chi connectivity index (χ3v) is 4.53. The van der Waals surface area contributed by atoms with Crippen molar-refractivity contribution in [3.63, 3.8) is 0 Å². The van der Waals surface area contributed by atoms with E-state index in [0.29, 0.717) is 11.5 Å². The monoisotopic (exact) mass is 275 g/mol. The highest BCUT2D eigenvalue weighted by Gasteiger charge is 2.27. The van der Waals surface area contributed by atoms with Crippen LogP contribution in [0, 0.1) is 12.3 Å². The molecule has 2 rings (SSSR count). The highest BCUT2D eigenvalue weighted by atomic mass is 16.5. The Labute approximate surface area is 123 Å². The summed E-state index contributed by atoms with van der Waals surface area (Å²) >= 11 is 0. The largest absolute Gasteiger partial charge is 0.381 e. The topological polar surface area (TPSA) is 21.3 Å². The maximum Gasteiger partial charge on any atom is 0.0471 e. The van der Waals surface area contributed by atoms with Crippen molar-refractivity contribution in [1.82, 2.24) is 5.32 Å². The molecule has 0 radical (unpaired) electrons. The summed E-state index contributed by atoms with van der Waals surface area (Å²) < 4.78 is 5.46. The van der Waals surface area contributed by atoms with Crippen LogP contribution in [-0.4, -0.2) is 25.8 Å². The van der Waals surface area contributed by atoms with Crippen LogP contribution in [0.15, 0.2) is 24.3 Å². The number of nitrogens with one attached hydrogen (secondary N) is 1. The van der Waals surface area contributed by atoms with Gasteiger partial charge in [-0.1, -0.05) is 36.8 Å². The molecule has 1 aliphatic heterocycles. The van der Waals surface area contributed by atoms with E-state index in [4.69, 9.17) is 4.74 Å². The molecule has 0 amide bonds. The minimum atomic E-state index is 0.426. The third-order valence-electron chi connectivity index (χ3n) is 4.53. The Morgan fingerprint density at radius 1 is 1.30 bits per heavy atom. The Balaban J connectivity index is 1.71. The second-order valence-electron chi connectivity index (χ2n) is 6.73. The highest BCUT2D eigenvalue weighted by Crippen LogP contribution is 2.28. The number of hydrogen-bond acceptors (Lipinski definition) is 2. The molecular weight excluding hydrogens is 246 g/mol. The van der Waals surface area contributed by atoms with Gasteiger partial charge in [-0.15, -0.1) is 0 Å². The van der Waals surface area contributed by atoms with Crippen LogP contribution in [0.4, 0.5) is 0 Å². The lowest BCUT2D eigenvalue weighted by Crippen LogP contribution is -2.40. The van der Waals surface area contributed by atoms with Crippen LogP contribution in [0.25, 0.3) is 0 Å². The van der Waals surface area contributed by atoms with Gasteiger partial charge in [0.25, 0.3) is 0 Å². The third kappa shape index (κ3) is 4.92. The maximum atomic E-state index is 5.46. The maximum absolute atomic E-state index is 5.46. The average Bonchev–Trinajstić information content (AvgIpc) is 2.44. The van der Waals surface area contributed by atoms with Crippen molar-refractivity contribution >= 4 is 0 Å². The summed E-state index contributed by atoms with van der Waals surface area (Å²) in [6.45, 7) is 9.82. The summed E-state index contributed by atoms with van der Waals surface area (Å²) in [5, 5.41) is 3.72. The average molecular weight is 275 g/mol. The van der Waals surface area contributed by atoms with E-state index in [0.717, 1.165) is 26.2 Å². The Hall–Kier alpha value is -0.860. The zero-order chi connectivity index (χ0) is 14.4. The normalized spacial score (nSPS) is 19.8. The SMILES string of the molecule is Cc1cccc(CCC(C)NCC2(C)CCOCC2)c1. The van der Waals surface area contributed by atoms with E-state index >= 15 is 0 Å². The zero-order valence-corrected chi connectivity index (χ0v) is 13.2. The van der Waals surface area contributed by atoms with Gasteiger partial charge >= 0.3 is 0 Å². The van der Waals surface area contributed by atoms with Crippen LogP contribution in [0.2, 0.25) is 0 Å². The van der Waals surface area contributed by atoms with Gasteiger partial charge in [0.2, 0.25) is 0 Å². The molecule has 1 aromatic rings. The Kier molecular flexibility index (Phi) is 5.62. The van der Waals surface area contributed by atoms with E-state index in [1.165, 1.54) is 30.4 Å². The predicted molar refractivity (Wildman–Crippen MR) is 85.1 cm³/mol. The quantitative estimate of drug-likeness (QED) is 0.854. The van der Waals surface area contributed by atoms with Crippen LogP contribution in [-0.2, 0) is 11.2 Å². The fourth-order valence-electron chi connectivity index (χ4n) is 2.81. The molecule has 0 spiro atoms. The van der Waals surface area contributed by atoms with Crippen LogP contribution < -0.4 is 5.32 Å². The molecule has 1 heterocycles. The van der Waals surface area contributed by atoms with E-state index in [9.17, 15) is 0 Å². The summed E-state index contributed by atoms with van der Waals surface area (Å²) in [5.41, 5.74) is 3.24. The predicted octanol–water partition coefficient (Wildman–Crippen LogP) is 3.72. The zero-order valence-electron chi connectivity index (χ0n) is 13.2. The minimum absolute atomic E-state index is 0.426. The van der Waals surface area contributed by atoms with Gasteiger partial charge in [0, 0.05) is 25.8 Å². The van der Waals surface area contributed by atoms with E-state index in [1.807, 2.05) is 0 Å². The van der Waals surface area contributed by atoms with Gasteiger partial charge in [0.05, 0.1) is 0 Å². The van der Waals surface area contributed by atoms with Gasteiger partial charge in [-0.25, -0.2) is 0 Å². The van der Waals surface area contributed by atoms with Crippen molar-refractivity contribution in [2.24, 2.45) is 5.41 Å². The van der Waals surface area contributed by atoms with Gasteiger partial charge in [-0.2, -0.15) is 0 Å². The van der Waals surface area contributed by atoms with Crippen molar-refractivity contribution in [2.75, 3.05) is 19.8 Å². The van der Waals surface area contributed by atoms with E-state index < -0.39 is 0 Å². The molecule has 20 heavy (non-hydrogen) atoms. The lowest BCUT2D eigenvalue weighted by molar-refractivity contribution is 0.0230. The summed E-state index contributed by atoms with van der Waals surface area (Å²) in [4.78, 5) is 0. The Morgan fingerprint density at radius 2 is 2.05 bits per heavy atom. The number of rotatable bonds is 6. The number of benzene rings is 1. The van der Waals surface area contributed by atoms with Gasteiger partial charge in [-0.05, 0) is 50.5 Å². The van der Waals surface area contributed by atoms with E-state index in [-0.39, 0.29) is 0 Å². The molecule has 1 aromatic carbocycles. The standard InChI is InChI=1S/C18H29NO/c1-15-5-4-6-17(13-15)8-7-16(2)19-14-18(3)9-11-20-12-10-18/h4-6,13,16,19H,7-12,14H2,1-3H3. The van der Waals surface area contributed by atoms with Gasteiger partial charge in [-0.3, -0.25) is 0 Å². The fraction of sp³-hybridized carbons (Fsp3) is 0.667. The van der Waals surface area contributed by atoms with Crippen LogP contribution >= 0.6 is 0 Å². The van der Waals surface area contributed by atoms with Crippen molar-refractivity contribution in [3.8, 4) is 0 Å². The first kappa shape index (κ1) is 15.5. The van der Waals surface area contributed by atoms with Gasteiger partial charge in [0.1, 0.15) is 0 Å². The minimum Gasteiger partial charge on any atom is -0.381 e. The Bertz CT molecular complexity index is 410. The molecule has 0 saturated carbocycles. The summed E-state index contributed by atoms with van der Waals surface area (Å²) in [6, 6.07) is 9.44.